The largest absolute Gasteiger partial charge is 0.484 e. The first-order chi connectivity index (χ1) is 18.8. The van der Waals surface area contributed by atoms with Gasteiger partial charge < -0.3 is 41.2 Å². The third kappa shape index (κ3) is 8.15. The summed E-state index contributed by atoms with van der Waals surface area (Å²) in [4.78, 5) is 35.1. The summed E-state index contributed by atoms with van der Waals surface area (Å²) in [5.74, 6) is -0.0134. The highest BCUT2D eigenvalue weighted by Gasteiger charge is 2.29. The van der Waals surface area contributed by atoms with Crippen molar-refractivity contribution in [2.24, 2.45) is 0 Å². The summed E-state index contributed by atoms with van der Waals surface area (Å²) < 4.78 is 16.3. The van der Waals surface area contributed by atoms with E-state index in [4.69, 9.17) is 37.3 Å². The number of nitrogens with zero attached hydrogens (tertiary/aromatic N) is 3. The van der Waals surface area contributed by atoms with E-state index >= 15 is 0 Å². The van der Waals surface area contributed by atoms with Crippen molar-refractivity contribution in [2.75, 3.05) is 58.0 Å². The molecule has 2 amide bonds. The first kappa shape index (κ1) is 28.8. The van der Waals surface area contributed by atoms with Crippen LogP contribution in [0.15, 0.2) is 24.3 Å². The van der Waals surface area contributed by atoms with Crippen molar-refractivity contribution < 1.29 is 23.8 Å². The van der Waals surface area contributed by atoms with Gasteiger partial charge in [-0.1, -0.05) is 23.7 Å². The maximum absolute atomic E-state index is 12.7. The molecule has 2 fully saturated rings. The van der Waals surface area contributed by atoms with E-state index in [0.717, 1.165) is 45.3 Å². The molecule has 3 atom stereocenters. The summed E-state index contributed by atoms with van der Waals surface area (Å²) in [6.07, 6.45) is 3.60. The molecule has 2 aliphatic heterocycles. The van der Waals surface area contributed by atoms with Crippen LogP contribution in [0, 0.1) is 0 Å². The Kier molecular flexibility index (Phi) is 10.2. The number of hydrogen-bond donors (Lipinski definition) is 4. The van der Waals surface area contributed by atoms with Gasteiger partial charge in [0.25, 0.3) is 11.8 Å². The topological polar surface area (TPSA) is 167 Å². The van der Waals surface area contributed by atoms with Crippen molar-refractivity contribution in [3.8, 4) is 5.75 Å². The first-order valence-electron chi connectivity index (χ1n) is 13.1. The maximum Gasteiger partial charge on any atom is 0.274 e. The molecule has 13 heteroatoms. The van der Waals surface area contributed by atoms with Gasteiger partial charge in [0.2, 0.25) is 0 Å². The summed E-state index contributed by atoms with van der Waals surface area (Å²) >= 11 is 5.90. The van der Waals surface area contributed by atoms with Gasteiger partial charge in [-0.3, -0.25) is 9.59 Å². The fourth-order valence-corrected chi connectivity index (χ4v) is 4.92. The van der Waals surface area contributed by atoms with Gasteiger partial charge in [-0.25, -0.2) is 9.97 Å². The van der Waals surface area contributed by atoms with Crippen LogP contribution in [0.2, 0.25) is 5.15 Å². The monoisotopic (exact) mass is 561 g/mol. The van der Waals surface area contributed by atoms with Crippen molar-refractivity contribution in [2.45, 2.75) is 43.9 Å². The zero-order valence-electron chi connectivity index (χ0n) is 22.0. The number of carbonyl (C=O) groups excluding carboxylic acids is 2. The Bertz CT molecular complexity index is 1140. The number of benzene rings is 1. The molecule has 6 N–H and O–H groups in total. The van der Waals surface area contributed by atoms with Gasteiger partial charge in [-0.15, -0.1) is 0 Å². The number of halogens is 1. The first-order valence-corrected chi connectivity index (χ1v) is 13.4. The molecule has 2 aliphatic rings. The van der Waals surface area contributed by atoms with Crippen molar-refractivity contribution in [1.82, 2.24) is 25.5 Å². The molecule has 0 unspecified atom stereocenters. The molecule has 212 valence electrons. The third-order valence-corrected chi connectivity index (χ3v) is 7.15. The van der Waals surface area contributed by atoms with E-state index in [-0.39, 0.29) is 53.2 Å². The summed E-state index contributed by atoms with van der Waals surface area (Å²) in [5.41, 5.74) is 12.6. The van der Waals surface area contributed by atoms with Gasteiger partial charge in [0.15, 0.2) is 29.1 Å². The molecule has 3 heterocycles. The molecule has 0 radical (unpaired) electrons. The molecule has 4 rings (SSSR count). The van der Waals surface area contributed by atoms with E-state index in [0.29, 0.717) is 19.0 Å². The quantitative estimate of drug-likeness (QED) is 0.311. The average molecular weight is 562 g/mol. The second kappa shape index (κ2) is 13.7. The Morgan fingerprint density at radius 1 is 1.15 bits per heavy atom. The van der Waals surface area contributed by atoms with Crippen LogP contribution < -0.4 is 26.8 Å². The number of carbonyl (C=O) groups is 2. The molecule has 0 saturated carbocycles. The highest BCUT2D eigenvalue weighted by Crippen LogP contribution is 2.19. The van der Waals surface area contributed by atoms with Crippen LogP contribution in [-0.4, -0.2) is 91.4 Å². The Morgan fingerprint density at radius 3 is 2.72 bits per heavy atom. The number of methoxy groups -OCH3 is 1. The number of piperidine rings is 1. The number of nitrogens with one attached hydrogen (secondary N) is 2. The smallest absolute Gasteiger partial charge is 0.274 e. The Morgan fingerprint density at radius 2 is 1.95 bits per heavy atom. The summed E-state index contributed by atoms with van der Waals surface area (Å²) in [7, 11) is 1.60. The van der Waals surface area contributed by atoms with Crippen LogP contribution in [0.1, 0.15) is 35.3 Å². The molecule has 39 heavy (non-hydrogen) atoms. The highest BCUT2D eigenvalue weighted by molar-refractivity contribution is 6.31. The van der Waals surface area contributed by atoms with Crippen LogP contribution in [0.4, 0.5) is 11.6 Å². The molecule has 2 saturated heterocycles. The zero-order valence-corrected chi connectivity index (χ0v) is 22.8. The van der Waals surface area contributed by atoms with E-state index in [1.54, 1.807) is 7.11 Å². The second-order valence-electron chi connectivity index (χ2n) is 9.77. The van der Waals surface area contributed by atoms with Crippen molar-refractivity contribution in [3.05, 3.63) is 40.7 Å². The van der Waals surface area contributed by atoms with Gasteiger partial charge >= 0.3 is 0 Å². The third-order valence-electron chi connectivity index (χ3n) is 6.87. The molecular weight excluding hydrogens is 526 g/mol. The van der Waals surface area contributed by atoms with E-state index in [1.807, 2.05) is 24.3 Å². The summed E-state index contributed by atoms with van der Waals surface area (Å²) in [6, 6.07) is 7.62. The predicted molar refractivity (Wildman–Crippen MR) is 147 cm³/mol. The molecule has 1 aromatic carbocycles. The number of anilines is 2. The van der Waals surface area contributed by atoms with E-state index in [2.05, 4.69) is 25.5 Å². The lowest BCUT2D eigenvalue weighted by molar-refractivity contribution is -0.124. The van der Waals surface area contributed by atoms with Crippen molar-refractivity contribution in [1.29, 1.82) is 0 Å². The normalized spacial score (nSPS) is 21.4. The van der Waals surface area contributed by atoms with E-state index in [9.17, 15) is 9.59 Å². The van der Waals surface area contributed by atoms with Crippen LogP contribution in [0.25, 0.3) is 0 Å². The fourth-order valence-electron chi connectivity index (χ4n) is 4.80. The summed E-state index contributed by atoms with van der Waals surface area (Å²) in [5, 5.41) is 5.84. The van der Waals surface area contributed by atoms with E-state index in [1.165, 1.54) is 5.56 Å². The lowest BCUT2D eigenvalue weighted by Gasteiger charge is -2.33. The number of hydrogen-bond acceptors (Lipinski definition) is 10. The van der Waals surface area contributed by atoms with Crippen molar-refractivity contribution >= 4 is 35.1 Å². The fraction of sp³-hybridized carbons (Fsp3) is 0.538. The number of amides is 2. The minimum Gasteiger partial charge on any atom is -0.484 e. The average Bonchev–Trinajstić information content (AvgIpc) is 3.37. The van der Waals surface area contributed by atoms with Gasteiger partial charge in [0.05, 0.1) is 19.3 Å². The number of nitrogens with two attached hydrogens (primary N) is 2. The molecule has 0 spiro atoms. The van der Waals surface area contributed by atoms with Crippen LogP contribution in [0.5, 0.6) is 5.75 Å². The number of nitrogen functional groups attached to an aromatic ring is 2. The zero-order chi connectivity index (χ0) is 27.8. The highest BCUT2D eigenvalue weighted by atomic mass is 35.5. The molecular formula is C26H36ClN7O5. The predicted octanol–water partition coefficient (Wildman–Crippen LogP) is 1.03. The molecule has 0 bridgehead atoms. The standard InChI is InChI=1S/C26H36ClN7O5/c1-37-20-14-38-13-19(20)31-21(35)15-39-18-8-6-16(7-9-18)4-2-10-34-11-3-5-17(12-34)30-26(36)22-24(28)33-25(29)23(27)32-22/h6-9,17,19-20H,2-5,10-15H2,1H3,(H,30,36)(H,31,35)(H4,28,29,33)/t17-,19-,20-/m0/s1. The molecule has 2 aromatic rings. The number of aromatic nitrogens is 2. The summed E-state index contributed by atoms with van der Waals surface area (Å²) in [6.45, 7) is 3.49. The number of aryl methyl sites for hydroxylation is 1. The lowest BCUT2D eigenvalue weighted by Crippen LogP contribution is -2.48. The van der Waals surface area contributed by atoms with Gasteiger partial charge in [0.1, 0.15) is 11.9 Å². The van der Waals surface area contributed by atoms with Gasteiger partial charge in [-0.2, -0.15) is 0 Å². The minimum atomic E-state index is -0.403. The number of likely N-dealkylation sites (tertiary alicyclic amines) is 1. The number of rotatable bonds is 11. The SMILES string of the molecule is CO[C@H]1COC[C@@H]1NC(=O)COc1ccc(CCCN2CCC[C@H](NC(=O)c3nc(Cl)c(N)nc3N)C2)cc1. The Balaban J connectivity index is 1.16. The lowest BCUT2D eigenvalue weighted by atomic mass is 10.0. The minimum absolute atomic E-state index is 0.00408. The van der Waals surface area contributed by atoms with Crippen LogP contribution >= 0.6 is 11.6 Å². The van der Waals surface area contributed by atoms with E-state index < -0.39 is 5.91 Å². The maximum atomic E-state index is 12.7. The number of ether oxygens (including phenoxy) is 3. The van der Waals surface area contributed by atoms with Gasteiger partial charge in [-0.05, 0) is 56.5 Å². The molecule has 12 nitrogen and oxygen atoms in total. The Hall–Kier alpha value is -3.19. The van der Waals surface area contributed by atoms with Crippen LogP contribution in [-0.2, 0) is 20.7 Å². The molecule has 0 aliphatic carbocycles. The van der Waals surface area contributed by atoms with Gasteiger partial charge in [0, 0.05) is 19.7 Å². The Labute approximate surface area is 232 Å². The molecule has 1 aromatic heterocycles. The van der Waals surface area contributed by atoms with Crippen molar-refractivity contribution in [3.63, 3.8) is 0 Å². The second-order valence-corrected chi connectivity index (χ2v) is 10.1. The van der Waals surface area contributed by atoms with Crippen LogP contribution in [0.3, 0.4) is 0 Å².